The molecule has 9 nitrogen and oxygen atoms in total. The highest BCUT2D eigenvalue weighted by molar-refractivity contribution is 6.00. The normalized spacial score (nSPS) is 23.7. The minimum atomic E-state index is -0.376. The van der Waals surface area contributed by atoms with Crippen LogP contribution in [0, 0.1) is 5.82 Å². The van der Waals surface area contributed by atoms with Gasteiger partial charge in [-0.2, -0.15) is 5.10 Å². The van der Waals surface area contributed by atoms with Crippen molar-refractivity contribution in [1.82, 2.24) is 19.7 Å². The van der Waals surface area contributed by atoms with E-state index < -0.39 is 0 Å². The van der Waals surface area contributed by atoms with Gasteiger partial charge in [-0.3, -0.25) is 0 Å². The molecule has 0 aliphatic carbocycles. The molecule has 3 aliphatic rings. The number of halogens is 1. The van der Waals surface area contributed by atoms with Gasteiger partial charge < -0.3 is 24.0 Å². The molecule has 186 valence electrons. The summed E-state index contributed by atoms with van der Waals surface area (Å²) in [5.74, 6) is 0.433. The summed E-state index contributed by atoms with van der Waals surface area (Å²) in [6, 6.07) is 4.10. The van der Waals surface area contributed by atoms with Gasteiger partial charge in [-0.15, -0.1) is 0 Å². The molecule has 3 fully saturated rings. The minimum Gasteiger partial charge on any atom is -0.378 e. The number of morpholine rings is 2. The molecule has 6 heterocycles. The van der Waals surface area contributed by atoms with Crippen LogP contribution in [0.4, 0.5) is 15.9 Å². The molecule has 10 heteroatoms. The standard InChI is InChI=1S/C25H31FN6O3/c1-17-16-34-13-9-31(17)21-14-20(30-7-11-33-12-8-30)23-18(26)15-27-24(25(23)29-21)19-5-6-28-32(19)22-4-2-3-10-35-22/h5-6,14-15,17,22H,2-4,7-13,16H2,1H3/t17-,22?/m1/s1. The second-order valence-corrected chi connectivity index (χ2v) is 9.38. The van der Waals surface area contributed by atoms with Crippen LogP contribution >= 0.6 is 0 Å². The zero-order valence-electron chi connectivity index (χ0n) is 20.0. The highest BCUT2D eigenvalue weighted by Gasteiger charge is 2.28. The molecule has 0 spiro atoms. The Balaban J connectivity index is 1.54. The van der Waals surface area contributed by atoms with Crippen molar-refractivity contribution >= 4 is 22.4 Å². The Bertz CT molecular complexity index is 1190. The fourth-order valence-electron chi connectivity index (χ4n) is 5.28. The molecule has 0 saturated carbocycles. The van der Waals surface area contributed by atoms with Gasteiger partial charge in [-0.05, 0) is 32.3 Å². The van der Waals surface area contributed by atoms with Crippen molar-refractivity contribution in [3.05, 3.63) is 30.3 Å². The minimum absolute atomic E-state index is 0.156. The average Bonchev–Trinajstić information content (AvgIpc) is 3.39. The zero-order chi connectivity index (χ0) is 23.8. The van der Waals surface area contributed by atoms with Gasteiger partial charge in [0.25, 0.3) is 0 Å². The number of ether oxygens (including phenoxy) is 3. The second-order valence-electron chi connectivity index (χ2n) is 9.38. The van der Waals surface area contributed by atoms with E-state index >= 15 is 4.39 Å². The van der Waals surface area contributed by atoms with E-state index in [1.54, 1.807) is 6.20 Å². The lowest BCUT2D eigenvalue weighted by Gasteiger charge is -2.36. The topological polar surface area (TPSA) is 77.8 Å². The van der Waals surface area contributed by atoms with E-state index in [4.69, 9.17) is 19.2 Å². The van der Waals surface area contributed by atoms with Gasteiger partial charge in [0.2, 0.25) is 0 Å². The van der Waals surface area contributed by atoms with E-state index in [2.05, 4.69) is 26.8 Å². The van der Waals surface area contributed by atoms with Gasteiger partial charge >= 0.3 is 0 Å². The van der Waals surface area contributed by atoms with Crippen LogP contribution in [0.2, 0.25) is 0 Å². The Kier molecular flexibility index (Phi) is 6.26. The first-order valence-corrected chi connectivity index (χ1v) is 12.5. The molecule has 1 unspecified atom stereocenters. The Morgan fingerprint density at radius 1 is 1.06 bits per heavy atom. The molecular weight excluding hydrogens is 451 g/mol. The van der Waals surface area contributed by atoms with Crippen LogP contribution in [0.15, 0.2) is 24.5 Å². The van der Waals surface area contributed by atoms with Crippen LogP contribution in [-0.2, 0) is 14.2 Å². The van der Waals surface area contributed by atoms with Crippen molar-refractivity contribution in [2.45, 2.75) is 38.5 Å². The largest absolute Gasteiger partial charge is 0.378 e. The van der Waals surface area contributed by atoms with Crippen molar-refractivity contribution in [2.24, 2.45) is 0 Å². The van der Waals surface area contributed by atoms with Crippen LogP contribution in [0.1, 0.15) is 32.4 Å². The Hall–Kier alpha value is -2.82. The van der Waals surface area contributed by atoms with Gasteiger partial charge in [0.15, 0.2) is 12.0 Å². The first kappa shape index (κ1) is 22.6. The fraction of sp³-hybridized carbons (Fsp3) is 0.560. The molecule has 3 aromatic heterocycles. The van der Waals surface area contributed by atoms with Crippen molar-refractivity contribution in [1.29, 1.82) is 0 Å². The molecule has 35 heavy (non-hydrogen) atoms. The molecule has 0 bridgehead atoms. The summed E-state index contributed by atoms with van der Waals surface area (Å²) in [6.07, 6.45) is 5.92. The first-order valence-electron chi connectivity index (χ1n) is 12.5. The third-order valence-electron chi connectivity index (χ3n) is 7.11. The van der Waals surface area contributed by atoms with Gasteiger partial charge in [-0.1, -0.05) is 0 Å². The maximum Gasteiger partial charge on any atom is 0.153 e. The van der Waals surface area contributed by atoms with Crippen molar-refractivity contribution in [3.8, 4) is 11.4 Å². The molecule has 0 aromatic carbocycles. The third-order valence-corrected chi connectivity index (χ3v) is 7.11. The summed E-state index contributed by atoms with van der Waals surface area (Å²) < 4.78 is 34.6. The third kappa shape index (κ3) is 4.23. The molecule has 0 radical (unpaired) electrons. The second kappa shape index (κ2) is 9.67. The summed E-state index contributed by atoms with van der Waals surface area (Å²) in [5.41, 5.74) is 2.77. The van der Waals surface area contributed by atoms with Crippen molar-refractivity contribution in [2.75, 3.05) is 62.5 Å². The molecule has 3 aliphatic heterocycles. The number of fused-ring (bicyclic) bond motifs is 1. The van der Waals surface area contributed by atoms with Crippen molar-refractivity contribution in [3.63, 3.8) is 0 Å². The Morgan fingerprint density at radius 3 is 2.71 bits per heavy atom. The summed E-state index contributed by atoms with van der Waals surface area (Å²) in [5, 5.41) is 5.04. The molecule has 6 rings (SSSR count). The molecule has 3 saturated heterocycles. The number of nitrogens with zero attached hydrogens (tertiary/aromatic N) is 6. The molecule has 0 amide bonds. The molecule has 3 aromatic rings. The SMILES string of the molecule is C[C@@H]1COCCN1c1cc(N2CCOCC2)c2c(F)cnc(-c3ccnn3C3CCCCO3)c2n1. The van der Waals surface area contributed by atoms with Crippen LogP contribution in [0.25, 0.3) is 22.3 Å². The summed E-state index contributed by atoms with van der Waals surface area (Å²) in [4.78, 5) is 14.0. The van der Waals surface area contributed by atoms with Crippen LogP contribution < -0.4 is 9.80 Å². The maximum absolute atomic E-state index is 15.5. The predicted octanol–water partition coefficient (Wildman–Crippen LogP) is 3.39. The van der Waals surface area contributed by atoms with Crippen LogP contribution in [0.5, 0.6) is 0 Å². The molecule has 2 atom stereocenters. The number of hydrogen-bond acceptors (Lipinski definition) is 8. The molecular formula is C25H31FN6O3. The lowest BCUT2D eigenvalue weighted by Crippen LogP contribution is -2.44. The number of rotatable bonds is 4. The van der Waals surface area contributed by atoms with Crippen LogP contribution in [0.3, 0.4) is 0 Å². The lowest BCUT2D eigenvalue weighted by atomic mass is 10.1. The quantitative estimate of drug-likeness (QED) is 0.560. The average molecular weight is 483 g/mol. The maximum atomic E-state index is 15.5. The first-order chi connectivity index (χ1) is 17.2. The predicted molar refractivity (Wildman–Crippen MR) is 130 cm³/mol. The monoisotopic (exact) mass is 482 g/mol. The zero-order valence-corrected chi connectivity index (χ0v) is 20.0. The van der Waals surface area contributed by atoms with Gasteiger partial charge in [0, 0.05) is 38.5 Å². The van der Waals surface area contributed by atoms with E-state index in [0.717, 1.165) is 43.0 Å². The number of anilines is 2. The number of pyridine rings is 2. The van der Waals surface area contributed by atoms with Gasteiger partial charge in [0.05, 0.1) is 55.4 Å². The van der Waals surface area contributed by atoms with E-state index in [1.165, 1.54) is 6.20 Å². The van der Waals surface area contributed by atoms with Gasteiger partial charge in [-0.25, -0.2) is 19.0 Å². The Morgan fingerprint density at radius 2 is 1.91 bits per heavy atom. The lowest BCUT2D eigenvalue weighted by molar-refractivity contribution is -0.0383. The smallest absolute Gasteiger partial charge is 0.153 e. The fourth-order valence-corrected chi connectivity index (χ4v) is 5.28. The highest BCUT2D eigenvalue weighted by atomic mass is 19.1. The van der Waals surface area contributed by atoms with E-state index in [-0.39, 0.29) is 18.1 Å². The highest BCUT2D eigenvalue weighted by Crippen LogP contribution is 2.38. The van der Waals surface area contributed by atoms with E-state index in [9.17, 15) is 0 Å². The van der Waals surface area contributed by atoms with E-state index in [0.29, 0.717) is 62.7 Å². The summed E-state index contributed by atoms with van der Waals surface area (Å²) >= 11 is 0. The van der Waals surface area contributed by atoms with E-state index in [1.807, 2.05) is 16.8 Å². The number of hydrogen-bond donors (Lipinski definition) is 0. The van der Waals surface area contributed by atoms with Crippen LogP contribution in [-0.4, -0.2) is 78.5 Å². The summed E-state index contributed by atoms with van der Waals surface area (Å²) in [7, 11) is 0. The Labute approximate surface area is 203 Å². The van der Waals surface area contributed by atoms with Crippen molar-refractivity contribution < 1.29 is 18.6 Å². The van der Waals surface area contributed by atoms with Gasteiger partial charge in [0.1, 0.15) is 17.0 Å². The summed E-state index contributed by atoms with van der Waals surface area (Å²) in [6.45, 7) is 7.44. The molecule has 0 N–H and O–H groups in total. The number of aromatic nitrogens is 4.